The average Bonchev–Trinajstić information content (AvgIpc) is 2.26. The van der Waals surface area contributed by atoms with E-state index in [0.29, 0.717) is 11.5 Å². The lowest BCUT2D eigenvalue weighted by Crippen LogP contribution is -1.91. The Morgan fingerprint density at radius 1 is 1.47 bits per heavy atom. The van der Waals surface area contributed by atoms with Crippen molar-refractivity contribution >= 4 is 11.8 Å². The molecule has 3 heteroatoms. The maximum Gasteiger partial charge on any atom is 0.276 e. The van der Waals surface area contributed by atoms with E-state index in [-0.39, 0.29) is 10.6 Å². The Labute approximate surface area is 89.6 Å². The summed E-state index contributed by atoms with van der Waals surface area (Å²) >= 11 is 0. The van der Waals surface area contributed by atoms with Crippen LogP contribution in [0.3, 0.4) is 0 Å². The molecular weight excluding hydrogens is 190 g/mol. The molecule has 1 aromatic carbocycles. The van der Waals surface area contributed by atoms with Crippen LogP contribution in [0.25, 0.3) is 6.08 Å². The van der Waals surface area contributed by atoms with Crippen LogP contribution in [0.5, 0.6) is 0 Å². The van der Waals surface area contributed by atoms with Crippen LogP contribution >= 0.6 is 0 Å². The molecule has 0 radical (unpaired) electrons. The minimum atomic E-state index is -0.351. The van der Waals surface area contributed by atoms with Crippen LogP contribution in [0.1, 0.15) is 25.8 Å². The van der Waals surface area contributed by atoms with Gasteiger partial charge in [0.05, 0.1) is 10.5 Å². The standard InChI is InChI=1S/C12H15NO2/c1-3-10(2)8-9-11-6-4-5-7-12(11)13(14)15/h4-10H,3H2,1-2H3/b9-8+. The smallest absolute Gasteiger partial charge is 0.258 e. The molecule has 0 saturated carbocycles. The van der Waals surface area contributed by atoms with Crippen molar-refractivity contribution < 1.29 is 4.92 Å². The maximum absolute atomic E-state index is 10.7. The fourth-order valence-electron chi connectivity index (χ4n) is 1.20. The van der Waals surface area contributed by atoms with Crippen LogP contribution in [0.2, 0.25) is 0 Å². The summed E-state index contributed by atoms with van der Waals surface area (Å²) in [6.07, 6.45) is 4.87. The maximum atomic E-state index is 10.7. The molecule has 0 bridgehead atoms. The van der Waals surface area contributed by atoms with Gasteiger partial charge in [-0.2, -0.15) is 0 Å². The van der Waals surface area contributed by atoms with Crippen LogP contribution in [0.4, 0.5) is 5.69 Å². The number of nitro benzene ring substituents is 1. The first-order valence-corrected chi connectivity index (χ1v) is 5.06. The summed E-state index contributed by atoms with van der Waals surface area (Å²) in [7, 11) is 0. The van der Waals surface area contributed by atoms with Crippen LogP contribution in [-0.2, 0) is 0 Å². The van der Waals surface area contributed by atoms with Gasteiger partial charge in [-0.05, 0) is 12.0 Å². The predicted octanol–water partition coefficient (Wildman–Crippen LogP) is 3.65. The van der Waals surface area contributed by atoms with Gasteiger partial charge >= 0.3 is 0 Å². The zero-order valence-corrected chi connectivity index (χ0v) is 9.01. The van der Waals surface area contributed by atoms with Crippen molar-refractivity contribution in [3.05, 3.63) is 46.0 Å². The van der Waals surface area contributed by atoms with E-state index in [1.54, 1.807) is 12.1 Å². The van der Waals surface area contributed by atoms with E-state index >= 15 is 0 Å². The van der Waals surface area contributed by atoms with Gasteiger partial charge in [0.25, 0.3) is 5.69 Å². The SMILES string of the molecule is CCC(C)/C=C/c1ccccc1[N+](=O)[O-]. The van der Waals surface area contributed by atoms with Crippen LogP contribution in [-0.4, -0.2) is 4.92 Å². The topological polar surface area (TPSA) is 43.1 Å². The number of hydrogen-bond donors (Lipinski definition) is 0. The van der Waals surface area contributed by atoms with Gasteiger partial charge < -0.3 is 0 Å². The molecule has 1 aromatic rings. The fourth-order valence-corrected chi connectivity index (χ4v) is 1.20. The largest absolute Gasteiger partial charge is 0.276 e. The third kappa shape index (κ3) is 3.20. The highest BCUT2D eigenvalue weighted by atomic mass is 16.6. The van der Waals surface area contributed by atoms with E-state index in [4.69, 9.17) is 0 Å². The lowest BCUT2D eigenvalue weighted by molar-refractivity contribution is -0.385. The highest BCUT2D eigenvalue weighted by Gasteiger charge is 2.09. The number of hydrogen-bond acceptors (Lipinski definition) is 2. The number of para-hydroxylation sites is 1. The third-order valence-electron chi connectivity index (χ3n) is 2.38. The van der Waals surface area contributed by atoms with Crippen LogP contribution in [0, 0.1) is 16.0 Å². The quantitative estimate of drug-likeness (QED) is 0.556. The van der Waals surface area contributed by atoms with Gasteiger partial charge in [0.15, 0.2) is 0 Å². The van der Waals surface area contributed by atoms with E-state index < -0.39 is 0 Å². The molecule has 0 heterocycles. The molecule has 0 aliphatic heterocycles. The van der Waals surface area contributed by atoms with E-state index in [1.165, 1.54) is 6.07 Å². The predicted molar refractivity (Wildman–Crippen MR) is 61.6 cm³/mol. The second-order valence-electron chi connectivity index (χ2n) is 3.56. The van der Waals surface area contributed by atoms with Gasteiger partial charge in [0, 0.05) is 6.07 Å². The molecule has 0 fully saturated rings. The number of rotatable bonds is 4. The Bertz CT molecular complexity index is 372. The van der Waals surface area contributed by atoms with Gasteiger partial charge in [0.2, 0.25) is 0 Å². The second-order valence-corrected chi connectivity index (χ2v) is 3.56. The van der Waals surface area contributed by atoms with Gasteiger partial charge in [-0.25, -0.2) is 0 Å². The minimum Gasteiger partial charge on any atom is -0.258 e. The highest BCUT2D eigenvalue weighted by Crippen LogP contribution is 2.20. The average molecular weight is 205 g/mol. The molecular formula is C12H15NO2. The summed E-state index contributed by atoms with van der Waals surface area (Å²) in [6.45, 7) is 4.18. The Hall–Kier alpha value is -1.64. The normalized spacial score (nSPS) is 12.9. The van der Waals surface area contributed by atoms with Gasteiger partial charge in [0.1, 0.15) is 0 Å². The number of nitrogens with zero attached hydrogens (tertiary/aromatic N) is 1. The lowest BCUT2D eigenvalue weighted by atomic mass is 10.1. The van der Waals surface area contributed by atoms with Crippen LogP contribution < -0.4 is 0 Å². The first-order valence-electron chi connectivity index (χ1n) is 5.06. The number of benzene rings is 1. The summed E-state index contributed by atoms with van der Waals surface area (Å²) in [4.78, 5) is 10.4. The lowest BCUT2D eigenvalue weighted by Gasteiger charge is -2.00. The third-order valence-corrected chi connectivity index (χ3v) is 2.38. The van der Waals surface area contributed by atoms with Crippen molar-refractivity contribution in [2.45, 2.75) is 20.3 Å². The number of allylic oxidation sites excluding steroid dienone is 1. The van der Waals surface area contributed by atoms with E-state index in [2.05, 4.69) is 13.8 Å². The second kappa shape index (κ2) is 5.29. The van der Waals surface area contributed by atoms with Crippen molar-refractivity contribution in [2.24, 2.45) is 5.92 Å². The molecule has 0 aliphatic carbocycles. The Kier molecular flexibility index (Phi) is 4.03. The Balaban J connectivity index is 2.94. The van der Waals surface area contributed by atoms with E-state index in [0.717, 1.165) is 6.42 Å². The Morgan fingerprint density at radius 2 is 2.13 bits per heavy atom. The molecule has 80 valence electrons. The van der Waals surface area contributed by atoms with Crippen molar-refractivity contribution in [1.82, 2.24) is 0 Å². The highest BCUT2D eigenvalue weighted by molar-refractivity contribution is 5.60. The molecule has 1 atom stereocenters. The minimum absolute atomic E-state index is 0.164. The monoisotopic (exact) mass is 205 g/mol. The molecule has 0 saturated heterocycles. The van der Waals surface area contributed by atoms with Gasteiger partial charge in [-0.3, -0.25) is 10.1 Å². The van der Waals surface area contributed by atoms with Crippen molar-refractivity contribution in [1.29, 1.82) is 0 Å². The molecule has 15 heavy (non-hydrogen) atoms. The van der Waals surface area contributed by atoms with Crippen molar-refractivity contribution in [2.75, 3.05) is 0 Å². The molecule has 1 unspecified atom stereocenters. The summed E-state index contributed by atoms with van der Waals surface area (Å²) in [5, 5.41) is 10.7. The summed E-state index contributed by atoms with van der Waals surface area (Å²) < 4.78 is 0. The zero-order valence-electron chi connectivity index (χ0n) is 9.01. The van der Waals surface area contributed by atoms with Crippen molar-refractivity contribution in [3.8, 4) is 0 Å². The Morgan fingerprint density at radius 3 is 2.73 bits per heavy atom. The van der Waals surface area contributed by atoms with Crippen LogP contribution in [0.15, 0.2) is 30.3 Å². The van der Waals surface area contributed by atoms with Gasteiger partial charge in [-0.1, -0.05) is 44.6 Å². The van der Waals surface area contributed by atoms with Crippen molar-refractivity contribution in [3.63, 3.8) is 0 Å². The molecule has 0 aliphatic rings. The summed E-state index contributed by atoms with van der Waals surface area (Å²) in [6, 6.07) is 6.77. The molecule has 0 N–H and O–H groups in total. The van der Waals surface area contributed by atoms with Gasteiger partial charge in [-0.15, -0.1) is 0 Å². The molecule has 0 spiro atoms. The first-order chi connectivity index (χ1) is 7.15. The molecule has 3 nitrogen and oxygen atoms in total. The van der Waals surface area contributed by atoms with E-state index in [9.17, 15) is 10.1 Å². The number of nitro groups is 1. The zero-order chi connectivity index (χ0) is 11.3. The fraction of sp³-hybridized carbons (Fsp3) is 0.333. The molecule has 0 amide bonds. The summed E-state index contributed by atoms with van der Waals surface area (Å²) in [5.74, 6) is 0.449. The summed E-state index contributed by atoms with van der Waals surface area (Å²) in [5.41, 5.74) is 0.833. The molecule has 0 aromatic heterocycles. The van der Waals surface area contributed by atoms with E-state index in [1.807, 2.05) is 18.2 Å². The first kappa shape index (κ1) is 11.4. The molecule has 1 rings (SSSR count).